The molecule has 9 N–H and O–H groups in total. The van der Waals surface area contributed by atoms with Crippen LogP contribution in [0.5, 0.6) is 11.5 Å². The Labute approximate surface area is 537 Å². The van der Waals surface area contributed by atoms with E-state index in [0.717, 1.165) is 54.6 Å². The Morgan fingerprint density at radius 3 is 1.61 bits per heavy atom. The number of azo groups is 2. The molecule has 0 bridgehead atoms. The molecule has 0 saturated carbocycles. The Kier molecular flexibility index (Phi) is 20.5. The van der Waals surface area contributed by atoms with Crippen LogP contribution < -0.4 is 80.6 Å². The molecule has 0 aliphatic heterocycles. The molecule has 0 aliphatic rings. The van der Waals surface area contributed by atoms with E-state index in [9.17, 15) is 105 Å². The first kappa shape index (κ1) is 70.4. The van der Waals surface area contributed by atoms with Crippen LogP contribution in [-0.2, 0) is 85.1 Å². The van der Waals surface area contributed by atoms with Crippen LogP contribution >= 0.6 is 11.6 Å². The molecule has 8 aromatic rings. The normalized spacial score (nSPS) is 13.7. The van der Waals surface area contributed by atoms with Gasteiger partial charge >= 0.3 is 69.5 Å². The van der Waals surface area contributed by atoms with E-state index < -0.39 is 216 Å². The molecule has 1 aromatic heterocycles. The van der Waals surface area contributed by atoms with Crippen molar-refractivity contribution in [2.75, 3.05) is 12.4 Å². The molecule has 0 radical (unpaired) electrons. The van der Waals surface area contributed by atoms with Gasteiger partial charge in [-0.1, -0.05) is 29.7 Å². The third-order valence-corrected chi connectivity index (χ3v) is 18.9. The predicted octanol–water partition coefficient (Wildman–Crippen LogP) is -2.63. The number of benzene rings is 7. The van der Waals surface area contributed by atoms with Crippen LogP contribution in [-0.4, -0.2) is 127 Å². The molecule has 46 heteroatoms. The van der Waals surface area contributed by atoms with Crippen LogP contribution in [0, 0.1) is 0 Å². The van der Waals surface area contributed by atoms with Crippen molar-refractivity contribution in [1.29, 1.82) is 0 Å². The van der Waals surface area contributed by atoms with Gasteiger partial charge in [-0.2, -0.15) is 69.0 Å². The number of hydrogen-bond donors (Lipinski definition) is 9. The Balaban J connectivity index is 0.00000605. The topological polar surface area (TPSA) is 589 Å². The number of sulfone groups is 1. The van der Waals surface area contributed by atoms with Gasteiger partial charge in [-0.25, -0.2) is 22.6 Å². The predicted molar refractivity (Wildman–Crippen MR) is 282 cm³/mol. The number of rotatable bonds is 17. The molecule has 8 rings (SSSR count). The maximum atomic E-state index is 14.5. The Hall–Kier alpha value is -5.70. The SMILES string of the molecule is O=S(=O)(O)OCCS(=O)(=O)c1ccc(N=Nc2c(S(=O)(=O)O)cc3c(S(=O)(=O)O)ccc(N=c4nc(Cl)[nH]c(=Nc5cc(S(=O)(=O)O)cc6cc(S(=O)(=O)O)c(N=Nc7ccc8c(S(=O)(=O)O)cccc8c7S(=O)(=O)O)c([O-])c56)[nH]4)c3c2[O-])cc1.[Na+].[Na+]. The van der Waals surface area contributed by atoms with Crippen LogP contribution in [0.15, 0.2) is 156 Å². The summed E-state index contributed by atoms with van der Waals surface area (Å²) in [7, 11) is -41.8. The summed E-state index contributed by atoms with van der Waals surface area (Å²) in [6.45, 7) is -0.999. The number of nitrogens with one attached hydrogen (secondary N) is 2. The smallest absolute Gasteiger partial charge is 0.870 e. The molecule has 87 heavy (non-hydrogen) atoms. The quantitative estimate of drug-likeness (QED) is 0.0256. The fraction of sp³-hybridized carbons (Fsp3) is 0.0488. The van der Waals surface area contributed by atoms with Gasteiger partial charge in [0.05, 0.1) is 50.6 Å². The van der Waals surface area contributed by atoms with E-state index in [-0.39, 0.29) is 64.8 Å². The van der Waals surface area contributed by atoms with Gasteiger partial charge in [0.15, 0.2) is 9.84 Å². The number of nitrogens with zero attached hydrogens (tertiary/aromatic N) is 7. The summed E-state index contributed by atoms with van der Waals surface area (Å²) in [5, 5.41) is 37.9. The van der Waals surface area contributed by atoms with E-state index in [4.69, 9.17) is 16.2 Å². The molecule has 0 unspecified atom stereocenters. The van der Waals surface area contributed by atoms with Crippen molar-refractivity contribution in [2.45, 2.75) is 34.3 Å². The summed E-state index contributed by atoms with van der Waals surface area (Å²) < 4.78 is 272. The standard InChI is InChI=1S/C41H30ClN9O26S8.2Na/c42-39-45-40(43-25-10-11-29(81(62,63)64)24-17-31(83(68,69)70)35(37(53)33(24)25)50-48-19-4-6-20(7-5-19)78(54,55)13-12-77-85(74,75)76)47-41(46-39)44-27-16-21(79(56,57)58)14-18-15-30(82(65,66)67)34(36(52)32(18)27)51-49-26-9-8-22-23(38(26)84(71,72)73)2-1-3-28(22)80(59,60)61;;/h1-11,14-17,52-53H,12-13H2,(H,56,57,58)(H,59,60,61)(H,62,63,64)(H,65,66,67)(H,68,69,70)(H,71,72,73)(H,74,75,76)(H2,43,44,45,46,47);;/q;2*+1/p-2. The maximum absolute atomic E-state index is 14.5. The molecule has 450 valence electrons. The first-order valence-electron chi connectivity index (χ1n) is 21.8. The minimum atomic E-state index is -5.65. The van der Waals surface area contributed by atoms with Crippen LogP contribution in [0.1, 0.15) is 0 Å². The van der Waals surface area contributed by atoms with Crippen molar-refractivity contribution in [1.82, 2.24) is 15.0 Å². The fourth-order valence-electron chi connectivity index (χ4n) is 7.85. The molecular formula is C41H28ClN9Na2O26S8. The molecule has 1 heterocycles. The summed E-state index contributed by atoms with van der Waals surface area (Å²) in [4.78, 5) is 9.09. The number of hydrogen-bond acceptors (Lipinski definition) is 26. The number of fused-ring (bicyclic) bond motifs is 3. The molecule has 35 nitrogen and oxygen atoms in total. The van der Waals surface area contributed by atoms with E-state index in [2.05, 4.69) is 49.6 Å². The summed E-state index contributed by atoms with van der Waals surface area (Å²) in [5.74, 6) is -4.19. The number of halogens is 1. The largest absolute Gasteiger partial charge is 1.00 e. The van der Waals surface area contributed by atoms with Crippen molar-refractivity contribution in [3.8, 4) is 11.5 Å². The summed E-state index contributed by atoms with van der Waals surface area (Å²) in [6, 6.07) is 11.2. The molecule has 0 saturated heterocycles. The second-order valence-electron chi connectivity index (χ2n) is 16.8. The summed E-state index contributed by atoms with van der Waals surface area (Å²) >= 11 is 6.25. The summed E-state index contributed by atoms with van der Waals surface area (Å²) in [6.07, 6.45) is 0. The number of aromatic amines is 2. The van der Waals surface area contributed by atoms with Gasteiger partial charge in [-0.15, -0.1) is 15.3 Å². The average Bonchev–Trinajstić information content (AvgIpc) is 0.873. The van der Waals surface area contributed by atoms with Gasteiger partial charge < -0.3 is 15.2 Å². The second-order valence-corrected chi connectivity index (χ2v) is 28.7. The van der Waals surface area contributed by atoms with Gasteiger partial charge in [0.2, 0.25) is 16.5 Å². The van der Waals surface area contributed by atoms with E-state index in [1.165, 1.54) is 0 Å². The van der Waals surface area contributed by atoms with Crippen LogP contribution in [0.4, 0.5) is 34.1 Å². The Morgan fingerprint density at radius 1 is 0.494 bits per heavy atom. The maximum Gasteiger partial charge on any atom is 1.00 e. The molecule has 0 atom stereocenters. The Morgan fingerprint density at radius 2 is 1.05 bits per heavy atom. The second kappa shape index (κ2) is 25.3. The molecule has 0 aliphatic carbocycles. The van der Waals surface area contributed by atoms with Crippen LogP contribution in [0.25, 0.3) is 32.3 Å². The Bertz CT molecular complexity index is 5430. The van der Waals surface area contributed by atoms with Gasteiger partial charge in [-0.05, 0) is 89.8 Å². The fourth-order valence-corrected chi connectivity index (χ4v) is 13.6. The first-order valence-corrected chi connectivity index (χ1v) is 33.8. The number of H-pyrrole nitrogens is 2. The zero-order valence-electron chi connectivity index (χ0n) is 42.7. The average molecular weight is 1400 g/mol. The van der Waals surface area contributed by atoms with Crippen molar-refractivity contribution in [3.05, 3.63) is 108 Å². The molecular weight excluding hydrogens is 1370 g/mol. The van der Waals surface area contributed by atoms with Gasteiger partial charge in [0, 0.05) is 26.9 Å². The van der Waals surface area contributed by atoms with Crippen molar-refractivity contribution in [2.24, 2.45) is 30.4 Å². The van der Waals surface area contributed by atoms with Gasteiger partial charge in [0.1, 0.15) is 30.2 Å². The molecule has 0 fully saturated rings. The van der Waals surface area contributed by atoms with Gasteiger partial charge in [0.25, 0.3) is 60.7 Å². The summed E-state index contributed by atoms with van der Waals surface area (Å²) in [5.41, 5.74) is -7.02. The van der Waals surface area contributed by atoms with Gasteiger partial charge in [-0.3, -0.25) is 36.9 Å². The third-order valence-electron chi connectivity index (χ3n) is 11.3. The van der Waals surface area contributed by atoms with E-state index in [1.54, 1.807) is 0 Å². The molecule has 0 spiro atoms. The van der Waals surface area contributed by atoms with Crippen molar-refractivity contribution < 1.29 is 173 Å². The monoisotopic (exact) mass is 1400 g/mol. The minimum Gasteiger partial charge on any atom is -0.870 e. The van der Waals surface area contributed by atoms with E-state index in [1.807, 2.05) is 0 Å². The number of aromatic nitrogens is 3. The first-order chi connectivity index (χ1) is 39.0. The van der Waals surface area contributed by atoms with Crippen LogP contribution in [0.2, 0.25) is 5.28 Å². The minimum absolute atomic E-state index is 0. The van der Waals surface area contributed by atoms with Crippen molar-refractivity contribution in [3.63, 3.8) is 0 Å². The third kappa shape index (κ3) is 15.8. The zero-order chi connectivity index (χ0) is 62.9. The van der Waals surface area contributed by atoms with Crippen molar-refractivity contribution >= 4 is 159 Å². The zero-order valence-corrected chi connectivity index (χ0v) is 54.0. The molecule has 0 amide bonds. The van der Waals surface area contributed by atoms with E-state index >= 15 is 0 Å². The van der Waals surface area contributed by atoms with E-state index in [0.29, 0.717) is 36.4 Å². The molecule has 7 aromatic carbocycles. The van der Waals surface area contributed by atoms with Crippen LogP contribution in [0.3, 0.4) is 0 Å².